The van der Waals surface area contributed by atoms with E-state index < -0.39 is 0 Å². The summed E-state index contributed by atoms with van der Waals surface area (Å²) in [6, 6.07) is 3.63. The van der Waals surface area contributed by atoms with Gasteiger partial charge in [-0.15, -0.1) is 0 Å². The summed E-state index contributed by atoms with van der Waals surface area (Å²) in [5.41, 5.74) is 0.742. The number of aromatic nitrogens is 1. The number of hydrogen-bond donors (Lipinski definition) is 0. The average Bonchev–Trinajstić information content (AvgIpc) is 1.88. The van der Waals surface area contributed by atoms with Crippen molar-refractivity contribution >= 4 is 0 Å². The number of pyridine rings is 1. The van der Waals surface area contributed by atoms with Crippen LogP contribution < -0.4 is 4.74 Å². The predicted octanol–water partition coefficient (Wildman–Crippen LogP) is 1.66. The van der Waals surface area contributed by atoms with Gasteiger partial charge in [-0.05, 0) is 19.9 Å². The second-order valence-corrected chi connectivity index (χ2v) is 1.92. The molecule has 2 heteroatoms. The van der Waals surface area contributed by atoms with Crippen molar-refractivity contribution in [2.75, 3.05) is 6.61 Å². The Balaban J connectivity index is 2.75. The SMILES string of the molecule is [CH2]c1cc(OCC)ccn1. The highest BCUT2D eigenvalue weighted by atomic mass is 16.5. The fourth-order valence-electron chi connectivity index (χ4n) is 0.713. The maximum Gasteiger partial charge on any atom is 0.122 e. The second-order valence-electron chi connectivity index (χ2n) is 1.92. The first-order valence-corrected chi connectivity index (χ1v) is 3.23. The summed E-state index contributed by atoms with van der Waals surface area (Å²) in [6.45, 7) is 6.30. The summed E-state index contributed by atoms with van der Waals surface area (Å²) >= 11 is 0. The van der Waals surface area contributed by atoms with Gasteiger partial charge in [-0.3, -0.25) is 4.98 Å². The van der Waals surface area contributed by atoms with Crippen LogP contribution in [0.5, 0.6) is 5.75 Å². The summed E-state index contributed by atoms with van der Waals surface area (Å²) in [7, 11) is 0. The predicted molar refractivity (Wildman–Crippen MR) is 39.9 cm³/mol. The lowest BCUT2D eigenvalue weighted by atomic mass is 10.4. The Morgan fingerprint density at radius 1 is 1.70 bits per heavy atom. The van der Waals surface area contributed by atoms with Crippen LogP contribution in [0.1, 0.15) is 12.6 Å². The van der Waals surface area contributed by atoms with E-state index in [1.165, 1.54) is 0 Å². The van der Waals surface area contributed by atoms with E-state index in [0.29, 0.717) is 6.61 Å². The third kappa shape index (κ3) is 1.72. The van der Waals surface area contributed by atoms with Gasteiger partial charge < -0.3 is 4.74 Å². The van der Waals surface area contributed by atoms with Crippen LogP contribution >= 0.6 is 0 Å². The number of ether oxygens (including phenoxy) is 1. The topological polar surface area (TPSA) is 22.1 Å². The van der Waals surface area contributed by atoms with Gasteiger partial charge in [-0.2, -0.15) is 0 Å². The third-order valence-electron chi connectivity index (χ3n) is 1.10. The Bertz CT molecular complexity index is 210. The quantitative estimate of drug-likeness (QED) is 0.616. The number of hydrogen-bond acceptors (Lipinski definition) is 2. The molecule has 1 radical (unpaired) electrons. The molecule has 0 spiro atoms. The molecule has 0 aliphatic carbocycles. The van der Waals surface area contributed by atoms with Crippen molar-refractivity contribution in [2.45, 2.75) is 6.92 Å². The largest absolute Gasteiger partial charge is 0.494 e. The van der Waals surface area contributed by atoms with Crippen LogP contribution in [0.25, 0.3) is 0 Å². The van der Waals surface area contributed by atoms with Crippen molar-refractivity contribution in [3.8, 4) is 5.75 Å². The summed E-state index contributed by atoms with van der Waals surface area (Å²) in [4.78, 5) is 3.93. The summed E-state index contributed by atoms with van der Waals surface area (Å²) in [6.07, 6.45) is 1.69. The molecule has 1 aromatic heterocycles. The molecule has 0 unspecified atom stereocenters. The zero-order valence-electron chi connectivity index (χ0n) is 6.00. The first-order valence-electron chi connectivity index (χ1n) is 3.23. The molecule has 1 heterocycles. The maximum atomic E-state index is 5.21. The molecule has 0 saturated carbocycles. The fraction of sp³-hybridized carbons (Fsp3) is 0.250. The first-order chi connectivity index (χ1) is 4.83. The molecule has 0 fully saturated rings. The minimum Gasteiger partial charge on any atom is -0.494 e. The van der Waals surface area contributed by atoms with E-state index in [9.17, 15) is 0 Å². The van der Waals surface area contributed by atoms with E-state index in [1.54, 1.807) is 6.20 Å². The van der Waals surface area contributed by atoms with E-state index in [0.717, 1.165) is 11.4 Å². The summed E-state index contributed by atoms with van der Waals surface area (Å²) < 4.78 is 5.21. The van der Waals surface area contributed by atoms with Crippen LogP contribution in [-0.2, 0) is 0 Å². The molecular weight excluding hydrogens is 126 g/mol. The van der Waals surface area contributed by atoms with E-state index in [4.69, 9.17) is 4.74 Å². The van der Waals surface area contributed by atoms with E-state index in [1.807, 2.05) is 19.1 Å². The van der Waals surface area contributed by atoms with Crippen LogP contribution in [0.15, 0.2) is 18.3 Å². The van der Waals surface area contributed by atoms with Crippen molar-refractivity contribution < 1.29 is 4.74 Å². The highest BCUT2D eigenvalue weighted by Crippen LogP contribution is 2.09. The van der Waals surface area contributed by atoms with Gasteiger partial charge in [0.2, 0.25) is 0 Å². The molecule has 1 rings (SSSR count). The average molecular weight is 136 g/mol. The van der Waals surface area contributed by atoms with E-state index in [-0.39, 0.29) is 0 Å². The minimum atomic E-state index is 0.684. The molecule has 53 valence electrons. The zero-order valence-corrected chi connectivity index (χ0v) is 6.00. The van der Waals surface area contributed by atoms with Gasteiger partial charge in [-0.25, -0.2) is 0 Å². The van der Waals surface area contributed by atoms with E-state index >= 15 is 0 Å². The lowest BCUT2D eigenvalue weighted by Crippen LogP contribution is -1.91. The molecule has 0 amide bonds. The van der Waals surface area contributed by atoms with Gasteiger partial charge in [0, 0.05) is 18.0 Å². The molecule has 0 aliphatic rings. The number of rotatable bonds is 2. The van der Waals surface area contributed by atoms with Crippen LogP contribution in [0, 0.1) is 6.92 Å². The maximum absolute atomic E-state index is 5.21. The Morgan fingerprint density at radius 3 is 3.10 bits per heavy atom. The van der Waals surface area contributed by atoms with Gasteiger partial charge in [-0.1, -0.05) is 0 Å². The van der Waals surface area contributed by atoms with Crippen LogP contribution in [0.2, 0.25) is 0 Å². The molecule has 10 heavy (non-hydrogen) atoms. The lowest BCUT2D eigenvalue weighted by molar-refractivity contribution is 0.339. The molecule has 2 nitrogen and oxygen atoms in total. The van der Waals surface area contributed by atoms with Crippen molar-refractivity contribution in [3.05, 3.63) is 30.9 Å². The summed E-state index contributed by atoms with van der Waals surface area (Å²) in [5, 5.41) is 0. The Hall–Kier alpha value is -1.05. The monoisotopic (exact) mass is 136 g/mol. The van der Waals surface area contributed by atoms with Crippen molar-refractivity contribution in [2.24, 2.45) is 0 Å². The lowest BCUT2D eigenvalue weighted by Gasteiger charge is -2.01. The Labute approximate surface area is 60.9 Å². The first kappa shape index (κ1) is 7.06. The smallest absolute Gasteiger partial charge is 0.122 e. The summed E-state index contributed by atoms with van der Waals surface area (Å²) in [5.74, 6) is 0.836. The molecule has 0 aliphatic heterocycles. The molecule has 0 N–H and O–H groups in total. The van der Waals surface area contributed by atoms with Crippen molar-refractivity contribution in [3.63, 3.8) is 0 Å². The molecule has 0 atom stereocenters. The van der Waals surface area contributed by atoms with Gasteiger partial charge >= 0.3 is 0 Å². The van der Waals surface area contributed by atoms with Gasteiger partial charge in [0.15, 0.2) is 0 Å². The van der Waals surface area contributed by atoms with Gasteiger partial charge in [0.25, 0.3) is 0 Å². The Kier molecular flexibility index (Phi) is 2.26. The molecule has 1 aromatic rings. The van der Waals surface area contributed by atoms with Crippen molar-refractivity contribution in [1.29, 1.82) is 0 Å². The highest BCUT2D eigenvalue weighted by Gasteiger charge is 1.90. The number of nitrogens with zero attached hydrogens (tertiary/aromatic N) is 1. The highest BCUT2D eigenvalue weighted by molar-refractivity contribution is 5.23. The minimum absolute atomic E-state index is 0.684. The zero-order chi connectivity index (χ0) is 7.40. The normalized spacial score (nSPS) is 9.40. The molecule has 0 saturated heterocycles. The molecular formula is C8H10NO. The third-order valence-corrected chi connectivity index (χ3v) is 1.10. The standard InChI is InChI=1S/C8H10NO/c1-3-10-8-4-5-9-7(2)6-8/h4-6H,2-3H2,1H3. The fourth-order valence-corrected chi connectivity index (χ4v) is 0.713. The van der Waals surface area contributed by atoms with Crippen LogP contribution in [-0.4, -0.2) is 11.6 Å². The molecule has 0 aromatic carbocycles. The van der Waals surface area contributed by atoms with E-state index in [2.05, 4.69) is 11.9 Å². The Morgan fingerprint density at radius 2 is 2.50 bits per heavy atom. The van der Waals surface area contributed by atoms with Crippen molar-refractivity contribution in [1.82, 2.24) is 4.98 Å². The van der Waals surface area contributed by atoms with Crippen LogP contribution in [0.3, 0.4) is 0 Å². The second kappa shape index (κ2) is 3.20. The van der Waals surface area contributed by atoms with Gasteiger partial charge in [0.1, 0.15) is 5.75 Å². The van der Waals surface area contributed by atoms with Crippen LogP contribution in [0.4, 0.5) is 0 Å². The van der Waals surface area contributed by atoms with Gasteiger partial charge in [0.05, 0.1) is 6.61 Å². The molecule has 0 bridgehead atoms.